The predicted octanol–water partition coefficient (Wildman–Crippen LogP) is 1.28. The van der Waals surface area contributed by atoms with Crippen LogP contribution < -0.4 is 4.90 Å². The average molecular weight is 371 g/mol. The molecule has 146 valence electrons. The number of hydrogen-bond donors (Lipinski definition) is 0. The number of fused-ring (bicyclic) bond motifs is 1. The van der Waals surface area contributed by atoms with Gasteiger partial charge in [0.2, 0.25) is 5.91 Å². The van der Waals surface area contributed by atoms with Crippen molar-refractivity contribution in [1.29, 1.82) is 0 Å². The van der Waals surface area contributed by atoms with Crippen molar-refractivity contribution < 1.29 is 4.79 Å². The van der Waals surface area contributed by atoms with E-state index in [0.717, 1.165) is 69.0 Å². The van der Waals surface area contributed by atoms with E-state index >= 15 is 0 Å². The summed E-state index contributed by atoms with van der Waals surface area (Å²) < 4.78 is 1.78. The molecule has 2 aliphatic heterocycles. The van der Waals surface area contributed by atoms with Crippen molar-refractivity contribution in [3.63, 3.8) is 0 Å². The molecular weight excluding hydrogens is 342 g/mol. The molecule has 0 bridgehead atoms. The van der Waals surface area contributed by atoms with E-state index in [1.54, 1.807) is 11.0 Å². The quantitative estimate of drug-likeness (QED) is 0.809. The lowest BCUT2D eigenvalue weighted by Crippen LogP contribution is -2.50. The third-order valence-corrected chi connectivity index (χ3v) is 5.75. The van der Waals surface area contributed by atoms with Gasteiger partial charge in [-0.3, -0.25) is 14.4 Å². The number of amides is 1. The van der Waals surface area contributed by atoms with Gasteiger partial charge in [0.25, 0.3) is 0 Å². The van der Waals surface area contributed by atoms with E-state index in [2.05, 4.69) is 29.8 Å². The largest absolute Gasteiger partial charge is 0.353 e. The molecule has 1 amide bonds. The molecule has 0 radical (unpaired) electrons. The molecular formula is C19H29N7O. The molecule has 0 unspecified atom stereocenters. The second-order valence-electron chi connectivity index (χ2n) is 7.61. The summed E-state index contributed by atoms with van der Waals surface area (Å²) in [5.41, 5.74) is 0.856. The van der Waals surface area contributed by atoms with Gasteiger partial charge in [-0.1, -0.05) is 19.3 Å². The number of hydrogen-bond acceptors (Lipinski definition) is 6. The van der Waals surface area contributed by atoms with Crippen molar-refractivity contribution >= 4 is 22.8 Å². The highest BCUT2D eigenvalue weighted by atomic mass is 16.2. The fourth-order valence-electron chi connectivity index (χ4n) is 4.11. The molecule has 0 aliphatic carbocycles. The van der Waals surface area contributed by atoms with Gasteiger partial charge in [0.1, 0.15) is 12.1 Å². The molecule has 2 aromatic heterocycles. The van der Waals surface area contributed by atoms with Gasteiger partial charge in [-0.2, -0.15) is 5.10 Å². The Balaban J connectivity index is 1.34. The number of aromatic nitrogens is 4. The second kappa shape index (κ2) is 8.21. The maximum atomic E-state index is 12.7. The van der Waals surface area contributed by atoms with Crippen LogP contribution >= 0.6 is 0 Å². The van der Waals surface area contributed by atoms with E-state index in [0.29, 0.717) is 12.5 Å². The van der Waals surface area contributed by atoms with Gasteiger partial charge in [-0.25, -0.2) is 9.97 Å². The van der Waals surface area contributed by atoms with Crippen LogP contribution in [0.1, 0.15) is 32.1 Å². The highest BCUT2D eigenvalue weighted by Crippen LogP contribution is 2.23. The lowest BCUT2D eigenvalue weighted by Gasteiger charge is -2.36. The molecule has 2 aliphatic rings. The van der Waals surface area contributed by atoms with E-state index in [9.17, 15) is 4.79 Å². The number of carbonyl (C=O) groups excluding carboxylic acids is 1. The Morgan fingerprint density at radius 1 is 0.963 bits per heavy atom. The molecule has 27 heavy (non-hydrogen) atoms. The number of rotatable bonds is 3. The molecule has 2 aromatic rings. The zero-order chi connectivity index (χ0) is 18.6. The molecule has 0 saturated carbocycles. The Morgan fingerprint density at radius 2 is 1.67 bits per heavy atom. The SMILES string of the molecule is Cn1ncc2c(N3CCN(CC(=O)N4CCCCCCC4)CC3)ncnc21. The van der Waals surface area contributed by atoms with E-state index < -0.39 is 0 Å². The van der Waals surface area contributed by atoms with Crippen molar-refractivity contribution in [3.05, 3.63) is 12.5 Å². The van der Waals surface area contributed by atoms with Crippen molar-refractivity contribution in [1.82, 2.24) is 29.5 Å². The minimum atomic E-state index is 0.294. The van der Waals surface area contributed by atoms with Gasteiger partial charge in [0.05, 0.1) is 18.1 Å². The van der Waals surface area contributed by atoms with Crippen molar-refractivity contribution in [3.8, 4) is 0 Å². The topological polar surface area (TPSA) is 70.4 Å². The average Bonchev–Trinajstić information content (AvgIpc) is 3.03. The molecule has 4 heterocycles. The number of carbonyl (C=O) groups is 1. The molecule has 8 nitrogen and oxygen atoms in total. The lowest BCUT2D eigenvalue weighted by atomic mass is 10.1. The smallest absolute Gasteiger partial charge is 0.236 e. The standard InChI is InChI=1S/C19H29N7O/c1-23-18-16(13-22-23)19(21-15-20-18)26-11-9-24(10-12-26)14-17(27)25-7-5-3-2-4-6-8-25/h13,15H,2-12,14H2,1H3. The van der Waals surface area contributed by atoms with Crippen LogP contribution in [0.5, 0.6) is 0 Å². The monoisotopic (exact) mass is 371 g/mol. The first-order valence-corrected chi connectivity index (χ1v) is 10.1. The summed E-state index contributed by atoms with van der Waals surface area (Å²) in [6, 6.07) is 0. The number of anilines is 1. The van der Waals surface area contributed by atoms with Crippen LogP contribution in [0.3, 0.4) is 0 Å². The second-order valence-corrected chi connectivity index (χ2v) is 7.61. The van der Waals surface area contributed by atoms with E-state index in [-0.39, 0.29) is 0 Å². The Hall–Kier alpha value is -2.22. The van der Waals surface area contributed by atoms with E-state index in [1.807, 2.05) is 13.2 Å². The Morgan fingerprint density at radius 3 is 2.41 bits per heavy atom. The van der Waals surface area contributed by atoms with Gasteiger partial charge in [-0.15, -0.1) is 0 Å². The van der Waals surface area contributed by atoms with Gasteiger partial charge in [0, 0.05) is 46.3 Å². The highest BCUT2D eigenvalue weighted by Gasteiger charge is 2.24. The minimum absolute atomic E-state index is 0.294. The van der Waals surface area contributed by atoms with Crippen LogP contribution in [-0.4, -0.2) is 81.3 Å². The summed E-state index contributed by atoms with van der Waals surface area (Å²) in [4.78, 5) is 28.1. The first-order chi connectivity index (χ1) is 13.2. The summed E-state index contributed by atoms with van der Waals surface area (Å²) in [5, 5.41) is 5.29. The van der Waals surface area contributed by atoms with Crippen LogP contribution in [0, 0.1) is 0 Å². The molecule has 0 N–H and O–H groups in total. The summed E-state index contributed by atoms with van der Waals surface area (Å²) in [6.45, 7) is 5.90. The van der Waals surface area contributed by atoms with Crippen LogP contribution in [-0.2, 0) is 11.8 Å². The first kappa shape index (κ1) is 18.2. The van der Waals surface area contributed by atoms with Crippen LogP contribution in [0.15, 0.2) is 12.5 Å². The summed E-state index contributed by atoms with van der Waals surface area (Å²) in [5.74, 6) is 1.24. The van der Waals surface area contributed by atoms with Crippen LogP contribution in [0.4, 0.5) is 5.82 Å². The van der Waals surface area contributed by atoms with Gasteiger partial charge in [0.15, 0.2) is 5.65 Å². The number of likely N-dealkylation sites (tertiary alicyclic amines) is 1. The summed E-state index contributed by atoms with van der Waals surface area (Å²) in [7, 11) is 1.90. The van der Waals surface area contributed by atoms with Crippen molar-refractivity contribution in [2.24, 2.45) is 7.05 Å². The Kier molecular flexibility index (Phi) is 5.52. The van der Waals surface area contributed by atoms with Gasteiger partial charge < -0.3 is 9.80 Å². The third-order valence-electron chi connectivity index (χ3n) is 5.75. The normalized spacial score (nSPS) is 19.9. The van der Waals surface area contributed by atoms with Crippen molar-refractivity contribution in [2.75, 3.05) is 50.7 Å². The molecule has 8 heteroatoms. The minimum Gasteiger partial charge on any atom is -0.353 e. The molecule has 4 rings (SSSR count). The molecule has 2 saturated heterocycles. The molecule has 0 aromatic carbocycles. The van der Waals surface area contributed by atoms with Crippen LogP contribution in [0.2, 0.25) is 0 Å². The number of piperazine rings is 1. The number of nitrogens with zero attached hydrogens (tertiary/aromatic N) is 7. The third kappa shape index (κ3) is 4.05. The molecule has 0 spiro atoms. The van der Waals surface area contributed by atoms with Gasteiger partial charge >= 0.3 is 0 Å². The van der Waals surface area contributed by atoms with E-state index in [1.165, 1.54) is 19.3 Å². The molecule has 2 fully saturated rings. The Bertz CT molecular complexity index is 773. The van der Waals surface area contributed by atoms with E-state index in [4.69, 9.17) is 0 Å². The maximum Gasteiger partial charge on any atom is 0.236 e. The summed E-state index contributed by atoms with van der Waals surface area (Å²) in [6.07, 6.45) is 9.56. The zero-order valence-electron chi connectivity index (χ0n) is 16.2. The van der Waals surface area contributed by atoms with Crippen molar-refractivity contribution in [2.45, 2.75) is 32.1 Å². The van der Waals surface area contributed by atoms with Gasteiger partial charge in [-0.05, 0) is 12.8 Å². The molecule has 0 atom stereocenters. The lowest BCUT2D eigenvalue weighted by molar-refractivity contribution is -0.132. The summed E-state index contributed by atoms with van der Waals surface area (Å²) >= 11 is 0. The fourth-order valence-corrected chi connectivity index (χ4v) is 4.11. The Labute approximate surface area is 160 Å². The zero-order valence-corrected chi connectivity index (χ0v) is 16.2. The first-order valence-electron chi connectivity index (χ1n) is 10.1. The van der Waals surface area contributed by atoms with Crippen LogP contribution in [0.25, 0.3) is 11.0 Å². The predicted molar refractivity (Wildman–Crippen MR) is 105 cm³/mol. The highest BCUT2D eigenvalue weighted by molar-refractivity contribution is 5.86. The maximum absolute atomic E-state index is 12.7. The number of aryl methyl sites for hydroxylation is 1. The fraction of sp³-hybridized carbons (Fsp3) is 0.684.